The first-order chi connectivity index (χ1) is 10.2. The molecule has 1 fully saturated rings. The van der Waals surface area contributed by atoms with Gasteiger partial charge in [-0.2, -0.15) is 0 Å². The average Bonchev–Trinajstić information content (AvgIpc) is 2.52. The van der Waals surface area contributed by atoms with Gasteiger partial charge in [-0.1, -0.05) is 30.3 Å². The zero-order valence-corrected chi connectivity index (χ0v) is 12.2. The summed E-state index contributed by atoms with van der Waals surface area (Å²) < 4.78 is 29.5. The third-order valence-corrected chi connectivity index (χ3v) is 3.56. The van der Waals surface area contributed by atoms with Crippen molar-refractivity contribution in [1.82, 2.24) is 4.90 Å². The number of methoxy groups -OCH3 is 2. The fourth-order valence-electron chi connectivity index (χ4n) is 2.41. The molecule has 1 heterocycles. The van der Waals surface area contributed by atoms with Gasteiger partial charge in [-0.25, -0.2) is 9.18 Å². The number of carbonyl (C=O) groups excluding carboxylic acids is 1. The van der Waals surface area contributed by atoms with E-state index in [9.17, 15) is 9.18 Å². The fraction of sp³-hybridized carbons (Fsp3) is 0.533. The molecule has 0 aromatic heterocycles. The third-order valence-electron chi connectivity index (χ3n) is 3.56. The number of piperidine rings is 1. The van der Waals surface area contributed by atoms with Gasteiger partial charge in [0.2, 0.25) is 0 Å². The van der Waals surface area contributed by atoms with Gasteiger partial charge in [0.1, 0.15) is 25.0 Å². The molecule has 3 unspecified atom stereocenters. The van der Waals surface area contributed by atoms with Crippen molar-refractivity contribution in [1.29, 1.82) is 0 Å². The molecule has 3 atom stereocenters. The number of alkyl halides is 1. The van der Waals surface area contributed by atoms with E-state index in [4.69, 9.17) is 14.2 Å². The van der Waals surface area contributed by atoms with Crippen molar-refractivity contribution in [3.8, 4) is 0 Å². The molecule has 0 saturated carbocycles. The van der Waals surface area contributed by atoms with Crippen molar-refractivity contribution < 1.29 is 23.4 Å². The third kappa shape index (κ3) is 3.92. The molecule has 1 aromatic carbocycles. The van der Waals surface area contributed by atoms with E-state index in [1.54, 1.807) is 0 Å². The number of rotatable bonds is 4. The van der Waals surface area contributed by atoms with E-state index in [2.05, 4.69) is 0 Å². The van der Waals surface area contributed by atoms with Crippen molar-refractivity contribution in [2.24, 2.45) is 0 Å². The summed E-state index contributed by atoms with van der Waals surface area (Å²) in [5.74, 6) is 0. The molecule has 0 radical (unpaired) electrons. The van der Waals surface area contributed by atoms with Gasteiger partial charge in [0, 0.05) is 14.2 Å². The topological polar surface area (TPSA) is 48.0 Å². The summed E-state index contributed by atoms with van der Waals surface area (Å²) in [4.78, 5) is 13.3. The van der Waals surface area contributed by atoms with Gasteiger partial charge in [0.05, 0.1) is 13.1 Å². The van der Waals surface area contributed by atoms with Crippen molar-refractivity contribution in [2.75, 3.05) is 27.3 Å². The molecule has 1 saturated heterocycles. The predicted molar refractivity (Wildman–Crippen MR) is 74.7 cm³/mol. The highest BCUT2D eigenvalue weighted by Gasteiger charge is 2.39. The second kappa shape index (κ2) is 7.38. The highest BCUT2D eigenvalue weighted by Crippen LogP contribution is 2.20. The first kappa shape index (κ1) is 15.7. The molecule has 21 heavy (non-hydrogen) atoms. The fourth-order valence-corrected chi connectivity index (χ4v) is 2.41. The molecule has 0 aliphatic carbocycles. The molecule has 1 aliphatic heterocycles. The molecule has 5 nitrogen and oxygen atoms in total. The van der Waals surface area contributed by atoms with E-state index in [0.717, 1.165) is 5.56 Å². The van der Waals surface area contributed by atoms with Crippen molar-refractivity contribution >= 4 is 6.09 Å². The molecule has 0 bridgehead atoms. The minimum atomic E-state index is -1.29. The molecule has 0 spiro atoms. The predicted octanol–water partition coefficient (Wildman–Crippen LogP) is 2.01. The van der Waals surface area contributed by atoms with Crippen LogP contribution in [-0.2, 0) is 20.8 Å². The summed E-state index contributed by atoms with van der Waals surface area (Å²) in [6, 6.07) is 9.34. The number of hydrogen-bond acceptors (Lipinski definition) is 4. The number of hydrogen-bond donors (Lipinski definition) is 0. The Kier molecular flexibility index (Phi) is 5.52. The van der Waals surface area contributed by atoms with E-state index in [1.807, 2.05) is 30.3 Å². The van der Waals surface area contributed by atoms with Crippen LogP contribution in [0.15, 0.2) is 30.3 Å². The van der Waals surface area contributed by atoms with E-state index in [1.165, 1.54) is 19.1 Å². The van der Waals surface area contributed by atoms with Crippen LogP contribution in [0.2, 0.25) is 0 Å². The number of nitrogens with zero attached hydrogens (tertiary/aromatic N) is 1. The van der Waals surface area contributed by atoms with Crippen molar-refractivity contribution in [3.63, 3.8) is 0 Å². The average molecular weight is 297 g/mol. The lowest BCUT2D eigenvalue weighted by Gasteiger charge is -2.38. The molecular weight excluding hydrogens is 277 g/mol. The quantitative estimate of drug-likeness (QED) is 0.853. The molecule has 1 amide bonds. The Labute approximate surface area is 123 Å². The Morgan fingerprint density at radius 3 is 2.57 bits per heavy atom. The van der Waals surface area contributed by atoms with Gasteiger partial charge in [-0.05, 0) is 5.56 Å². The van der Waals surface area contributed by atoms with E-state index >= 15 is 0 Å². The summed E-state index contributed by atoms with van der Waals surface area (Å²) in [6.45, 7) is 0.369. The number of halogens is 1. The Morgan fingerprint density at radius 2 is 1.95 bits per heavy atom. The molecule has 6 heteroatoms. The van der Waals surface area contributed by atoms with Crippen LogP contribution in [0.25, 0.3) is 0 Å². The summed E-state index contributed by atoms with van der Waals surface area (Å²) in [6.07, 6.45) is -2.99. The van der Waals surface area contributed by atoms with Crippen LogP contribution < -0.4 is 0 Å². The van der Waals surface area contributed by atoms with Crippen LogP contribution >= 0.6 is 0 Å². The van der Waals surface area contributed by atoms with Crippen LogP contribution in [0.3, 0.4) is 0 Å². The van der Waals surface area contributed by atoms with Crippen molar-refractivity contribution in [2.45, 2.75) is 25.0 Å². The lowest BCUT2D eigenvalue weighted by Crippen LogP contribution is -2.56. The standard InChI is InChI=1S/C15H20FNO4/c1-19-13-9-17(8-12(16)14(13)20-2)15(18)21-10-11-6-4-3-5-7-11/h3-7,12-14H,8-10H2,1-2H3. The number of ether oxygens (including phenoxy) is 3. The number of benzene rings is 1. The largest absolute Gasteiger partial charge is 0.445 e. The monoisotopic (exact) mass is 297 g/mol. The Morgan fingerprint density at radius 1 is 1.24 bits per heavy atom. The van der Waals surface area contributed by atoms with Gasteiger partial charge in [0.15, 0.2) is 0 Å². The van der Waals surface area contributed by atoms with Crippen molar-refractivity contribution in [3.05, 3.63) is 35.9 Å². The summed E-state index contributed by atoms with van der Waals surface area (Å²) in [5.41, 5.74) is 0.887. The van der Waals surface area contributed by atoms with Gasteiger partial charge >= 0.3 is 6.09 Å². The minimum absolute atomic E-state index is 0.0496. The summed E-state index contributed by atoms with van der Waals surface area (Å²) in [7, 11) is 2.91. The van der Waals surface area contributed by atoms with Crippen LogP contribution in [0.5, 0.6) is 0 Å². The lowest BCUT2D eigenvalue weighted by atomic mass is 10.0. The van der Waals surface area contributed by atoms with E-state index < -0.39 is 24.5 Å². The Balaban J connectivity index is 1.90. The summed E-state index contributed by atoms with van der Waals surface area (Å²) in [5, 5.41) is 0. The first-order valence-corrected chi connectivity index (χ1v) is 6.81. The number of amides is 1. The SMILES string of the molecule is COC1CN(C(=O)OCc2ccccc2)CC(F)C1OC. The first-order valence-electron chi connectivity index (χ1n) is 6.81. The maximum absolute atomic E-state index is 14.0. The molecule has 0 N–H and O–H groups in total. The van der Waals surface area contributed by atoms with Crippen LogP contribution in [0.1, 0.15) is 5.56 Å². The number of likely N-dealkylation sites (tertiary alicyclic amines) is 1. The molecule has 1 aromatic rings. The lowest BCUT2D eigenvalue weighted by molar-refractivity contribution is -0.111. The second-order valence-electron chi connectivity index (χ2n) is 4.94. The maximum Gasteiger partial charge on any atom is 0.410 e. The summed E-state index contributed by atoms with van der Waals surface area (Å²) >= 11 is 0. The maximum atomic E-state index is 14.0. The van der Waals surface area contributed by atoms with Crippen LogP contribution in [-0.4, -0.2) is 56.7 Å². The molecule has 1 aliphatic rings. The van der Waals surface area contributed by atoms with Crippen LogP contribution in [0.4, 0.5) is 9.18 Å². The normalized spacial score (nSPS) is 25.7. The van der Waals surface area contributed by atoms with Gasteiger partial charge in [0.25, 0.3) is 0 Å². The smallest absolute Gasteiger partial charge is 0.410 e. The van der Waals surface area contributed by atoms with E-state index in [0.29, 0.717) is 0 Å². The zero-order chi connectivity index (χ0) is 15.2. The zero-order valence-electron chi connectivity index (χ0n) is 12.2. The molecule has 116 valence electrons. The Hall–Kier alpha value is -1.66. The van der Waals surface area contributed by atoms with Gasteiger partial charge in [-0.3, -0.25) is 0 Å². The van der Waals surface area contributed by atoms with Gasteiger partial charge < -0.3 is 19.1 Å². The minimum Gasteiger partial charge on any atom is -0.445 e. The highest BCUT2D eigenvalue weighted by molar-refractivity contribution is 5.68. The van der Waals surface area contributed by atoms with E-state index in [-0.39, 0.29) is 19.7 Å². The van der Waals surface area contributed by atoms with Gasteiger partial charge in [-0.15, -0.1) is 0 Å². The number of carbonyl (C=O) groups is 1. The van der Waals surface area contributed by atoms with Crippen LogP contribution in [0, 0.1) is 0 Å². The Bertz CT molecular complexity index is 456. The second-order valence-corrected chi connectivity index (χ2v) is 4.94. The molecule has 2 rings (SSSR count). The molecular formula is C15H20FNO4. The highest BCUT2D eigenvalue weighted by atomic mass is 19.1.